The van der Waals surface area contributed by atoms with E-state index in [0.717, 1.165) is 32.0 Å². The van der Waals surface area contributed by atoms with E-state index in [1.807, 2.05) is 42.0 Å². The zero-order valence-electron chi connectivity index (χ0n) is 13.9. The molecule has 0 aliphatic rings. The number of thiazole rings is 1. The molecule has 2 heterocycles. The lowest BCUT2D eigenvalue weighted by Crippen LogP contribution is -1.96. The normalized spacial score (nSPS) is 10.5. The Morgan fingerprint density at radius 3 is 2.64 bits per heavy atom. The minimum atomic E-state index is -0.321. The first-order valence-electron chi connectivity index (χ1n) is 7.27. The number of benzene rings is 1. The van der Waals surface area contributed by atoms with E-state index in [0.29, 0.717) is 4.88 Å². The minimum Gasteiger partial charge on any atom is -0.497 e. The molecular weight excluding hydrogens is 376 g/mol. The smallest absolute Gasteiger partial charge is 0.348 e. The summed E-state index contributed by atoms with van der Waals surface area (Å²) in [5.41, 5.74) is 2.74. The molecule has 130 valence electrons. The van der Waals surface area contributed by atoms with Gasteiger partial charge in [-0.05, 0) is 36.6 Å². The summed E-state index contributed by atoms with van der Waals surface area (Å²) >= 11 is 4.54. The number of anilines is 2. The maximum atomic E-state index is 11.8. The van der Waals surface area contributed by atoms with Crippen LogP contribution in [0.5, 0.6) is 5.75 Å². The summed E-state index contributed by atoms with van der Waals surface area (Å²) in [6, 6.07) is 9.50. The Morgan fingerprint density at radius 2 is 2.00 bits per heavy atom. The van der Waals surface area contributed by atoms with Gasteiger partial charge in [-0.3, -0.25) is 0 Å². The zero-order chi connectivity index (χ0) is 17.8. The third-order valence-electron chi connectivity index (χ3n) is 3.39. The van der Waals surface area contributed by atoms with Crippen LogP contribution in [0.15, 0.2) is 39.9 Å². The van der Waals surface area contributed by atoms with E-state index in [9.17, 15) is 4.79 Å². The number of aromatic nitrogens is 1. The van der Waals surface area contributed by atoms with Crippen molar-refractivity contribution in [3.05, 3.63) is 40.6 Å². The highest BCUT2D eigenvalue weighted by atomic mass is 32.2. The van der Waals surface area contributed by atoms with Gasteiger partial charge in [0.2, 0.25) is 0 Å². The van der Waals surface area contributed by atoms with E-state index in [4.69, 9.17) is 9.47 Å². The van der Waals surface area contributed by atoms with Gasteiger partial charge in [-0.25, -0.2) is 9.78 Å². The summed E-state index contributed by atoms with van der Waals surface area (Å²) in [4.78, 5) is 17.0. The minimum absolute atomic E-state index is 0.321. The van der Waals surface area contributed by atoms with Crippen molar-refractivity contribution in [2.24, 2.45) is 0 Å². The van der Waals surface area contributed by atoms with Crippen LogP contribution in [0, 0.1) is 0 Å². The number of hydrogen-bond acceptors (Lipinski definition) is 8. The van der Waals surface area contributed by atoms with E-state index in [1.54, 1.807) is 18.9 Å². The van der Waals surface area contributed by atoms with Crippen LogP contribution in [0.1, 0.15) is 9.67 Å². The van der Waals surface area contributed by atoms with Gasteiger partial charge in [0.15, 0.2) is 5.13 Å². The number of nitrogens with one attached hydrogen (secondary N) is 1. The molecule has 5 nitrogen and oxygen atoms in total. The Morgan fingerprint density at radius 1 is 1.24 bits per heavy atom. The Bertz CT molecular complexity index is 872. The Hall–Kier alpha value is -2.03. The second kappa shape index (κ2) is 7.90. The first-order valence-corrected chi connectivity index (χ1v) is 10.2. The zero-order valence-corrected chi connectivity index (χ0v) is 16.3. The lowest BCUT2D eigenvalue weighted by Gasteiger charge is -2.04. The van der Waals surface area contributed by atoms with E-state index in [2.05, 4.69) is 10.3 Å². The average Bonchev–Trinajstić information content (AvgIpc) is 3.28. The number of carbonyl (C=O) groups excluding carboxylic acids is 1. The fraction of sp³-hybridized carbons (Fsp3) is 0.176. The van der Waals surface area contributed by atoms with Gasteiger partial charge in [0, 0.05) is 16.6 Å². The van der Waals surface area contributed by atoms with Crippen LogP contribution in [-0.4, -0.2) is 31.4 Å². The van der Waals surface area contributed by atoms with E-state index >= 15 is 0 Å². The van der Waals surface area contributed by atoms with Crippen LogP contribution in [-0.2, 0) is 4.74 Å². The van der Waals surface area contributed by atoms with E-state index < -0.39 is 0 Å². The van der Waals surface area contributed by atoms with Crippen molar-refractivity contribution in [2.75, 3.05) is 25.8 Å². The monoisotopic (exact) mass is 392 g/mol. The number of ether oxygens (including phenoxy) is 2. The molecule has 1 N–H and O–H groups in total. The molecule has 0 bridgehead atoms. The van der Waals surface area contributed by atoms with Crippen molar-refractivity contribution in [1.82, 2.24) is 4.98 Å². The lowest BCUT2D eigenvalue weighted by atomic mass is 10.2. The highest BCUT2D eigenvalue weighted by Crippen LogP contribution is 2.39. The summed E-state index contributed by atoms with van der Waals surface area (Å²) in [7, 11) is 3.03. The van der Waals surface area contributed by atoms with Gasteiger partial charge in [0.1, 0.15) is 10.6 Å². The predicted octanol–water partition coefficient (Wildman–Crippen LogP) is 5.13. The fourth-order valence-electron chi connectivity index (χ4n) is 2.16. The molecule has 1 aromatic carbocycles. The van der Waals surface area contributed by atoms with Gasteiger partial charge in [-0.1, -0.05) is 0 Å². The molecule has 0 saturated carbocycles. The number of thiophene rings is 1. The number of carbonyl (C=O) groups is 1. The SMILES string of the molecule is COC(=O)c1cc(-c2csc(Nc3ccc(OC)cc3)n2)c(SC)s1. The van der Waals surface area contributed by atoms with Crippen LogP contribution >= 0.6 is 34.4 Å². The highest BCUT2D eigenvalue weighted by Gasteiger charge is 2.18. The second-order valence-corrected chi connectivity index (χ2v) is 7.88. The Balaban J connectivity index is 1.83. The third-order valence-corrected chi connectivity index (χ3v) is 6.40. The molecule has 3 rings (SSSR count). The van der Waals surface area contributed by atoms with Crippen molar-refractivity contribution in [3.63, 3.8) is 0 Å². The van der Waals surface area contributed by atoms with Crippen LogP contribution in [0.3, 0.4) is 0 Å². The fourth-order valence-corrected chi connectivity index (χ4v) is 4.69. The molecule has 8 heteroatoms. The van der Waals surface area contributed by atoms with Gasteiger partial charge in [-0.2, -0.15) is 0 Å². The summed E-state index contributed by atoms with van der Waals surface area (Å²) < 4.78 is 11.0. The van der Waals surface area contributed by atoms with Gasteiger partial charge in [0.25, 0.3) is 0 Å². The molecule has 25 heavy (non-hydrogen) atoms. The molecule has 2 aromatic heterocycles. The number of nitrogens with zero attached hydrogens (tertiary/aromatic N) is 1. The number of rotatable bonds is 6. The van der Waals surface area contributed by atoms with Crippen molar-refractivity contribution in [2.45, 2.75) is 4.21 Å². The number of esters is 1. The third kappa shape index (κ3) is 3.97. The molecule has 0 fully saturated rings. The largest absolute Gasteiger partial charge is 0.497 e. The predicted molar refractivity (Wildman–Crippen MR) is 105 cm³/mol. The Labute approximate surface area is 158 Å². The quantitative estimate of drug-likeness (QED) is 0.463. The molecule has 0 aliphatic carbocycles. The molecule has 0 spiro atoms. The maximum absolute atomic E-state index is 11.8. The van der Waals surface area contributed by atoms with Gasteiger partial charge in [-0.15, -0.1) is 34.4 Å². The molecule has 0 saturated heterocycles. The Kier molecular flexibility index (Phi) is 5.62. The van der Waals surface area contributed by atoms with Crippen LogP contribution in [0.25, 0.3) is 11.3 Å². The van der Waals surface area contributed by atoms with Crippen LogP contribution < -0.4 is 10.1 Å². The maximum Gasteiger partial charge on any atom is 0.348 e. The topological polar surface area (TPSA) is 60.5 Å². The van der Waals surface area contributed by atoms with Crippen LogP contribution in [0.4, 0.5) is 10.8 Å². The number of methoxy groups -OCH3 is 2. The molecular formula is C17H16N2O3S3. The highest BCUT2D eigenvalue weighted by molar-refractivity contribution is 8.00. The van der Waals surface area contributed by atoms with Crippen molar-refractivity contribution < 1.29 is 14.3 Å². The van der Waals surface area contributed by atoms with E-state index in [1.165, 1.54) is 29.8 Å². The summed E-state index contributed by atoms with van der Waals surface area (Å²) in [5, 5.41) is 6.05. The summed E-state index contributed by atoms with van der Waals surface area (Å²) in [6.07, 6.45) is 1.99. The molecule has 0 amide bonds. The van der Waals surface area contributed by atoms with Gasteiger partial charge >= 0.3 is 5.97 Å². The number of hydrogen-bond donors (Lipinski definition) is 1. The second-order valence-electron chi connectivity index (χ2n) is 4.90. The molecule has 0 radical (unpaired) electrons. The number of thioether (sulfide) groups is 1. The molecule has 0 unspecified atom stereocenters. The van der Waals surface area contributed by atoms with Gasteiger partial charge < -0.3 is 14.8 Å². The summed E-state index contributed by atoms with van der Waals surface area (Å²) in [5.74, 6) is 0.488. The standard InChI is InChI=1S/C17H16N2O3S3/c1-21-11-6-4-10(5-7-11)18-17-19-13(9-24-17)12-8-14(15(20)22-2)25-16(12)23-3/h4-9H,1-3H3,(H,18,19). The van der Waals surface area contributed by atoms with Crippen LogP contribution in [0.2, 0.25) is 0 Å². The molecule has 3 aromatic rings. The van der Waals surface area contributed by atoms with Crippen molar-refractivity contribution in [1.29, 1.82) is 0 Å². The first-order chi connectivity index (χ1) is 12.1. The summed E-state index contributed by atoms with van der Waals surface area (Å²) in [6.45, 7) is 0. The average molecular weight is 393 g/mol. The first kappa shape index (κ1) is 17.8. The van der Waals surface area contributed by atoms with Crippen molar-refractivity contribution >= 4 is 51.2 Å². The van der Waals surface area contributed by atoms with Crippen molar-refractivity contribution in [3.8, 4) is 17.0 Å². The van der Waals surface area contributed by atoms with Gasteiger partial charge in [0.05, 0.1) is 24.1 Å². The van der Waals surface area contributed by atoms with E-state index in [-0.39, 0.29) is 5.97 Å². The lowest BCUT2D eigenvalue weighted by molar-refractivity contribution is 0.0606. The molecule has 0 atom stereocenters. The molecule has 0 aliphatic heterocycles.